The maximum Gasteiger partial charge on any atom is 0.0282 e. The van der Waals surface area contributed by atoms with Crippen LogP contribution in [0.15, 0.2) is 0 Å². The molecule has 0 aromatic rings. The lowest BCUT2D eigenvalue weighted by Gasteiger charge is -2.15. The van der Waals surface area contributed by atoms with Crippen molar-refractivity contribution in [2.75, 3.05) is 11.2 Å². The van der Waals surface area contributed by atoms with Gasteiger partial charge in [0.25, 0.3) is 0 Å². The Kier molecular flexibility index (Phi) is 3.25. The van der Waals surface area contributed by atoms with E-state index < -0.39 is 0 Å². The minimum atomic E-state index is 0.265. The lowest BCUT2D eigenvalue weighted by Crippen LogP contribution is -2.13. The number of hydrogen-bond acceptors (Lipinski definition) is 0. The Hall–Kier alpha value is 0.770. The van der Waals surface area contributed by atoms with Crippen LogP contribution in [-0.2, 0) is 0 Å². The highest BCUT2D eigenvalue weighted by molar-refractivity contribution is 9.09. The Morgan fingerprint density at radius 1 is 1.57 bits per heavy atom. The molecular weight excluding hydrogens is 175 g/mol. The van der Waals surface area contributed by atoms with E-state index in [0.29, 0.717) is 0 Å². The van der Waals surface area contributed by atoms with Crippen molar-refractivity contribution >= 4 is 27.5 Å². The summed E-state index contributed by atoms with van der Waals surface area (Å²) in [6.07, 6.45) is 0. The molecule has 2 heteroatoms. The van der Waals surface area contributed by atoms with Crippen molar-refractivity contribution in [3.05, 3.63) is 0 Å². The van der Waals surface area contributed by atoms with Crippen LogP contribution in [0.25, 0.3) is 0 Å². The summed E-state index contributed by atoms with van der Waals surface area (Å²) in [6, 6.07) is 0. The van der Waals surface area contributed by atoms with Gasteiger partial charge in [-0.25, -0.2) is 0 Å². The third-order valence-corrected chi connectivity index (χ3v) is 2.96. The first kappa shape index (κ1) is 7.77. The summed E-state index contributed by atoms with van der Waals surface area (Å²) in [4.78, 5) is 0. The summed E-state index contributed by atoms with van der Waals surface area (Å²) in [6.45, 7) is 4.24. The number of alkyl halides is 2. The summed E-state index contributed by atoms with van der Waals surface area (Å²) in [5.41, 5.74) is 0.265. The fourth-order valence-electron chi connectivity index (χ4n) is 0.0357. The Labute approximate surface area is 58.4 Å². The highest BCUT2D eigenvalue weighted by atomic mass is 79.9. The van der Waals surface area contributed by atoms with Crippen LogP contribution in [0.1, 0.15) is 13.8 Å². The topological polar surface area (TPSA) is 0 Å². The van der Waals surface area contributed by atoms with Gasteiger partial charge in [0.05, 0.1) is 0 Å². The largest absolute Gasteiger partial charge is 0.126 e. The molecule has 0 atom stereocenters. The van der Waals surface area contributed by atoms with Gasteiger partial charge in [-0.1, -0.05) is 29.8 Å². The van der Waals surface area contributed by atoms with Crippen molar-refractivity contribution in [3.63, 3.8) is 0 Å². The lowest BCUT2D eigenvalue weighted by atomic mass is 10.0. The molecule has 0 radical (unpaired) electrons. The van der Waals surface area contributed by atoms with Crippen LogP contribution in [0, 0.1) is 5.41 Å². The van der Waals surface area contributed by atoms with Gasteiger partial charge in [0.2, 0.25) is 0 Å². The Morgan fingerprint density at radius 2 is 2.00 bits per heavy atom. The van der Waals surface area contributed by atoms with Gasteiger partial charge in [-0.05, 0) is 5.41 Å². The average Bonchev–Trinajstić information content (AvgIpc) is 1.68. The second kappa shape index (κ2) is 2.93. The van der Waals surface area contributed by atoms with Gasteiger partial charge in [-0.2, -0.15) is 0 Å². The van der Waals surface area contributed by atoms with Crippen LogP contribution in [0.5, 0.6) is 0 Å². The number of hydrogen-bond donors (Lipinski definition) is 0. The molecule has 0 aromatic carbocycles. The standard InChI is InChI=1S/C5H10BrCl/c1-5(2,3-6)4-7/h3-4H2,1-2H3. The zero-order valence-corrected chi connectivity index (χ0v) is 7.01. The molecule has 0 spiro atoms. The van der Waals surface area contributed by atoms with Crippen LogP contribution in [-0.4, -0.2) is 11.2 Å². The smallest absolute Gasteiger partial charge is 0.0282 e. The number of rotatable bonds is 2. The molecule has 0 unspecified atom stereocenters. The van der Waals surface area contributed by atoms with Crippen molar-refractivity contribution in [2.24, 2.45) is 5.41 Å². The van der Waals surface area contributed by atoms with Crippen molar-refractivity contribution in [3.8, 4) is 0 Å². The predicted molar refractivity (Wildman–Crippen MR) is 38.3 cm³/mol. The summed E-state index contributed by atoms with van der Waals surface area (Å²) in [5.74, 6) is 0.720. The first-order valence-corrected chi connectivity index (χ1v) is 3.90. The molecule has 0 saturated heterocycles. The van der Waals surface area contributed by atoms with E-state index in [1.807, 2.05) is 0 Å². The van der Waals surface area contributed by atoms with Crippen LogP contribution in [0.2, 0.25) is 0 Å². The van der Waals surface area contributed by atoms with Gasteiger partial charge in [-0.15, -0.1) is 11.6 Å². The Bertz CT molecular complexity index is 46.0. The molecule has 0 aliphatic rings. The van der Waals surface area contributed by atoms with Crippen LogP contribution in [0.4, 0.5) is 0 Å². The molecule has 0 aromatic heterocycles. The molecule has 0 heterocycles. The molecule has 44 valence electrons. The lowest BCUT2D eigenvalue weighted by molar-refractivity contribution is 0.492. The highest BCUT2D eigenvalue weighted by Gasteiger charge is 2.12. The minimum Gasteiger partial charge on any atom is -0.126 e. The van der Waals surface area contributed by atoms with E-state index in [0.717, 1.165) is 11.2 Å². The Balaban J connectivity index is 3.36. The van der Waals surface area contributed by atoms with E-state index in [1.165, 1.54) is 0 Å². The zero-order valence-electron chi connectivity index (χ0n) is 4.67. The molecular formula is C5H10BrCl. The van der Waals surface area contributed by atoms with Crippen molar-refractivity contribution in [2.45, 2.75) is 13.8 Å². The molecule has 7 heavy (non-hydrogen) atoms. The zero-order chi connectivity index (χ0) is 5.91. The van der Waals surface area contributed by atoms with Crippen LogP contribution < -0.4 is 0 Å². The molecule has 0 bridgehead atoms. The normalized spacial score (nSPS) is 12.0. The summed E-state index contributed by atoms with van der Waals surface area (Å²) >= 11 is 8.91. The molecule has 0 aliphatic carbocycles. The molecule has 0 amide bonds. The van der Waals surface area contributed by atoms with Crippen LogP contribution in [0.3, 0.4) is 0 Å². The SMILES string of the molecule is CC(C)(CCl)CBr. The first-order valence-electron chi connectivity index (χ1n) is 2.24. The molecule has 0 N–H and O–H groups in total. The third kappa shape index (κ3) is 3.36. The van der Waals surface area contributed by atoms with E-state index in [4.69, 9.17) is 11.6 Å². The predicted octanol–water partition coefficient (Wildman–Crippen LogP) is 2.65. The van der Waals surface area contributed by atoms with Gasteiger partial charge in [0.1, 0.15) is 0 Å². The summed E-state index contributed by atoms with van der Waals surface area (Å²) in [5, 5.41) is 0.976. The molecule has 0 rings (SSSR count). The molecule has 0 nitrogen and oxygen atoms in total. The summed E-state index contributed by atoms with van der Waals surface area (Å²) < 4.78 is 0. The van der Waals surface area contributed by atoms with Crippen molar-refractivity contribution in [1.29, 1.82) is 0 Å². The van der Waals surface area contributed by atoms with E-state index in [2.05, 4.69) is 29.8 Å². The molecule has 0 saturated carbocycles. The van der Waals surface area contributed by atoms with Gasteiger partial charge >= 0.3 is 0 Å². The van der Waals surface area contributed by atoms with Gasteiger partial charge in [0, 0.05) is 11.2 Å². The monoisotopic (exact) mass is 184 g/mol. The minimum absolute atomic E-state index is 0.265. The second-order valence-corrected chi connectivity index (χ2v) is 3.26. The average molecular weight is 185 g/mol. The van der Waals surface area contributed by atoms with Crippen LogP contribution >= 0.6 is 27.5 Å². The van der Waals surface area contributed by atoms with E-state index in [-0.39, 0.29) is 5.41 Å². The van der Waals surface area contributed by atoms with Gasteiger partial charge in [0.15, 0.2) is 0 Å². The summed E-state index contributed by atoms with van der Waals surface area (Å²) in [7, 11) is 0. The Morgan fingerprint density at radius 3 is 2.00 bits per heavy atom. The molecule has 0 aliphatic heterocycles. The fraction of sp³-hybridized carbons (Fsp3) is 1.00. The fourth-order valence-corrected chi connectivity index (χ4v) is 0.557. The van der Waals surface area contributed by atoms with E-state index in [9.17, 15) is 0 Å². The second-order valence-electron chi connectivity index (χ2n) is 2.43. The van der Waals surface area contributed by atoms with E-state index in [1.54, 1.807) is 0 Å². The quantitative estimate of drug-likeness (QED) is 0.580. The maximum atomic E-state index is 5.56. The third-order valence-electron chi connectivity index (χ3n) is 0.724. The van der Waals surface area contributed by atoms with Gasteiger partial charge in [-0.3, -0.25) is 0 Å². The van der Waals surface area contributed by atoms with Crippen molar-refractivity contribution < 1.29 is 0 Å². The highest BCUT2D eigenvalue weighted by Crippen LogP contribution is 2.18. The maximum absolute atomic E-state index is 5.56. The van der Waals surface area contributed by atoms with Crippen molar-refractivity contribution in [1.82, 2.24) is 0 Å². The van der Waals surface area contributed by atoms with E-state index >= 15 is 0 Å². The number of halogens is 2. The van der Waals surface area contributed by atoms with Gasteiger partial charge < -0.3 is 0 Å². The first-order chi connectivity index (χ1) is 3.12. The molecule has 0 fully saturated rings.